The molecule has 6 heteroatoms. The van der Waals surface area contributed by atoms with Crippen molar-refractivity contribution in [3.8, 4) is 0 Å². The van der Waals surface area contributed by atoms with E-state index in [0.29, 0.717) is 0 Å². The Morgan fingerprint density at radius 2 is 2.33 bits per heavy atom. The molecule has 2 rings (SSSR count). The van der Waals surface area contributed by atoms with Crippen LogP contribution < -0.4 is 16.0 Å². The number of fused-ring (bicyclic) bond motifs is 1. The molecule has 0 spiro atoms. The summed E-state index contributed by atoms with van der Waals surface area (Å²) in [5.41, 5.74) is 6.94. The molecule has 2 N–H and O–H groups in total. The first kappa shape index (κ1) is 9.72. The molecule has 15 heavy (non-hydrogen) atoms. The molecular weight excluding hydrogens is 192 g/mol. The van der Waals surface area contributed by atoms with Crippen LogP contribution in [0.4, 0.5) is 11.5 Å². The lowest BCUT2D eigenvalue weighted by Crippen LogP contribution is -2.47. The molecule has 80 valence electrons. The molecular formula is C9H14N6. The largest absolute Gasteiger partial charge is 0.348 e. The summed E-state index contributed by atoms with van der Waals surface area (Å²) in [6.07, 6.45) is 1.75. The highest BCUT2D eigenvalue weighted by Gasteiger charge is 2.24. The lowest BCUT2D eigenvalue weighted by molar-refractivity contribution is 0.592. The molecule has 2 heterocycles. The summed E-state index contributed by atoms with van der Waals surface area (Å²) >= 11 is 0. The van der Waals surface area contributed by atoms with Gasteiger partial charge < -0.3 is 4.90 Å². The topological polar surface area (TPSA) is 55.8 Å². The normalized spacial score (nSPS) is 14.9. The summed E-state index contributed by atoms with van der Waals surface area (Å²) in [6, 6.07) is 3.87. The summed E-state index contributed by atoms with van der Waals surface area (Å²) in [4.78, 5) is 10.3. The number of nitrogens with zero attached hydrogens (tertiary/aromatic N) is 4. The molecule has 0 fully saturated rings. The van der Waals surface area contributed by atoms with Crippen molar-refractivity contribution in [2.75, 3.05) is 31.6 Å². The van der Waals surface area contributed by atoms with Gasteiger partial charge in [0, 0.05) is 27.3 Å². The van der Waals surface area contributed by atoms with Gasteiger partial charge in [0.15, 0.2) is 5.82 Å². The second-order valence-electron chi connectivity index (χ2n) is 3.36. The lowest BCUT2D eigenvalue weighted by atomic mass is 10.4. The third kappa shape index (κ3) is 1.59. The Morgan fingerprint density at radius 3 is 3.00 bits per heavy atom. The highest BCUT2D eigenvalue weighted by molar-refractivity contribution is 5.98. The highest BCUT2D eigenvalue weighted by atomic mass is 15.8. The first-order valence-electron chi connectivity index (χ1n) is 4.65. The summed E-state index contributed by atoms with van der Waals surface area (Å²) < 4.78 is 0. The van der Waals surface area contributed by atoms with E-state index in [9.17, 15) is 0 Å². The second-order valence-corrected chi connectivity index (χ2v) is 3.36. The van der Waals surface area contributed by atoms with Gasteiger partial charge in [0.1, 0.15) is 5.69 Å². The second kappa shape index (κ2) is 3.74. The number of hydrogen-bond acceptors (Lipinski definition) is 4. The fourth-order valence-corrected chi connectivity index (χ4v) is 1.50. The van der Waals surface area contributed by atoms with Gasteiger partial charge in [-0.15, -0.1) is 5.53 Å². The van der Waals surface area contributed by atoms with Crippen LogP contribution in [0.2, 0.25) is 0 Å². The fraction of sp³-hybridized carbons (Fsp3) is 0.333. The summed E-state index contributed by atoms with van der Waals surface area (Å²) in [7, 11) is 5.64. The molecule has 0 bridgehead atoms. The highest BCUT2D eigenvalue weighted by Crippen LogP contribution is 2.25. The lowest BCUT2D eigenvalue weighted by Gasteiger charge is -2.24. The van der Waals surface area contributed by atoms with E-state index < -0.39 is 0 Å². The van der Waals surface area contributed by atoms with Crippen LogP contribution in [-0.2, 0) is 0 Å². The minimum Gasteiger partial charge on any atom is -0.348 e. The van der Waals surface area contributed by atoms with Crippen molar-refractivity contribution in [1.82, 2.24) is 15.4 Å². The van der Waals surface area contributed by atoms with Gasteiger partial charge in [-0.3, -0.25) is 10.4 Å². The molecule has 0 saturated carbocycles. The van der Waals surface area contributed by atoms with E-state index in [1.807, 2.05) is 36.1 Å². The zero-order valence-corrected chi connectivity index (χ0v) is 9.02. The molecule has 1 aromatic heterocycles. The van der Waals surface area contributed by atoms with Gasteiger partial charge in [-0.25, -0.2) is 9.99 Å². The number of anilines is 2. The van der Waals surface area contributed by atoms with Crippen LogP contribution in [0.5, 0.6) is 0 Å². The van der Waals surface area contributed by atoms with Crippen LogP contribution in [0.1, 0.15) is 0 Å². The predicted octanol–water partition coefficient (Wildman–Crippen LogP) is 0.281. The molecule has 0 saturated heterocycles. The summed E-state index contributed by atoms with van der Waals surface area (Å²) in [6.45, 7) is 0. The Hall–Kier alpha value is -1.82. The number of hydrogen-bond donors (Lipinski definition) is 2. The van der Waals surface area contributed by atoms with Crippen LogP contribution >= 0.6 is 0 Å². The van der Waals surface area contributed by atoms with E-state index >= 15 is 0 Å². The third-order valence-electron chi connectivity index (χ3n) is 2.11. The van der Waals surface area contributed by atoms with E-state index in [1.165, 1.54) is 0 Å². The molecule has 0 amide bonds. The number of aromatic nitrogens is 1. The fourth-order valence-electron chi connectivity index (χ4n) is 1.50. The zero-order valence-electron chi connectivity index (χ0n) is 9.02. The average Bonchev–Trinajstić information content (AvgIpc) is 2.63. The maximum atomic E-state index is 4.21. The molecule has 0 aromatic carbocycles. The molecule has 1 aromatic rings. The molecule has 1 aliphatic heterocycles. The molecule has 1 aliphatic rings. The van der Waals surface area contributed by atoms with Gasteiger partial charge in [-0.1, -0.05) is 0 Å². The van der Waals surface area contributed by atoms with Gasteiger partial charge in [0.05, 0.1) is 0 Å². The Bertz CT molecular complexity index is 386. The first-order valence-corrected chi connectivity index (χ1v) is 4.65. The van der Waals surface area contributed by atoms with Crippen LogP contribution in [0.3, 0.4) is 0 Å². The van der Waals surface area contributed by atoms with E-state index in [2.05, 4.69) is 20.9 Å². The minimum atomic E-state index is 0.806. The standard InChI is InChI=1S/C9H14N6/c1-10-9(14(2)3)15-7-5-4-6-11-8(7)12-13-15/h4-6,13H,1-3H3,(H,11,12). The van der Waals surface area contributed by atoms with Gasteiger partial charge in [-0.05, 0) is 12.1 Å². The van der Waals surface area contributed by atoms with Crippen LogP contribution in [0, 0.1) is 0 Å². The van der Waals surface area contributed by atoms with Crippen molar-refractivity contribution in [3.05, 3.63) is 18.3 Å². The molecule has 0 atom stereocenters. The van der Waals surface area contributed by atoms with Crippen LogP contribution in [-0.4, -0.2) is 37.0 Å². The van der Waals surface area contributed by atoms with E-state index in [0.717, 1.165) is 17.5 Å². The van der Waals surface area contributed by atoms with Crippen molar-refractivity contribution in [2.45, 2.75) is 0 Å². The van der Waals surface area contributed by atoms with Crippen molar-refractivity contribution in [3.63, 3.8) is 0 Å². The number of pyridine rings is 1. The Labute approximate surface area is 88.6 Å². The SMILES string of the molecule is CN=C(N(C)C)N1NNc2ncccc21. The van der Waals surface area contributed by atoms with Crippen molar-refractivity contribution < 1.29 is 0 Å². The van der Waals surface area contributed by atoms with Gasteiger partial charge in [-0.2, -0.15) is 0 Å². The quantitative estimate of drug-likeness (QED) is 0.472. The number of guanidine groups is 1. The Balaban J connectivity index is 2.35. The van der Waals surface area contributed by atoms with Crippen molar-refractivity contribution in [1.29, 1.82) is 0 Å². The minimum absolute atomic E-state index is 0.806. The first-order chi connectivity index (χ1) is 7.24. The number of aliphatic imine (C=N–C) groups is 1. The van der Waals surface area contributed by atoms with Crippen LogP contribution in [0.25, 0.3) is 0 Å². The maximum absolute atomic E-state index is 4.21. The predicted molar refractivity (Wildman–Crippen MR) is 60.5 cm³/mol. The summed E-state index contributed by atoms with van der Waals surface area (Å²) in [5.74, 6) is 1.62. The van der Waals surface area contributed by atoms with Gasteiger partial charge in [0.25, 0.3) is 0 Å². The van der Waals surface area contributed by atoms with Gasteiger partial charge >= 0.3 is 0 Å². The average molecular weight is 206 g/mol. The molecule has 0 aliphatic carbocycles. The van der Waals surface area contributed by atoms with Crippen LogP contribution in [0.15, 0.2) is 23.3 Å². The van der Waals surface area contributed by atoms with Crippen molar-refractivity contribution in [2.24, 2.45) is 4.99 Å². The Kier molecular flexibility index (Phi) is 2.42. The van der Waals surface area contributed by atoms with E-state index in [-0.39, 0.29) is 0 Å². The molecule has 6 nitrogen and oxygen atoms in total. The van der Waals surface area contributed by atoms with Gasteiger partial charge in [0.2, 0.25) is 5.96 Å². The maximum Gasteiger partial charge on any atom is 0.216 e. The van der Waals surface area contributed by atoms with E-state index in [1.54, 1.807) is 13.2 Å². The summed E-state index contributed by atoms with van der Waals surface area (Å²) in [5, 5.41) is 1.85. The van der Waals surface area contributed by atoms with E-state index in [4.69, 9.17) is 0 Å². The van der Waals surface area contributed by atoms with Crippen molar-refractivity contribution >= 4 is 17.5 Å². The monoisotopic (exact) mass is 206 g/mol. The number of rotatable bonds is 0. The molecule has 0 unspecified atom stereocenters. The zero-order chi connectivity index (χ0) is 10.8. The number of nitrogens with one attached hydrogen (secondary N) is 2. The Morgan fingerprint density at radius 1 is 1.53 bits per heavy atom. The smallest absolute Gasteiger partial charge is 0.216 e. The number of hydrazine groups is 2. The third-order valence-corrected chi connectivity index (χ3v) is 2.11. The molecule has 0 radical (unpaired) electrons.